The standard InChI is InChI=1S/C3H9ClN2/c1-2(4)3(5)6/h2-3H,5-6H2,1H3. The van der Waals surface area contributed by atoms with E-state index in [1.54, 1.807) is 6.92 Å². The van der Waals surface area contributed by atoms with Gasteiger partial charge in [-0.3, -0.25) is 0 Å². The van der Waals surface area contributed by atoms with Crippen LogP contribution in [0.5, 0.6) is 0 Å². The summed E-state index contributed by atoms with van der Waals surface area (Å²) in [5.41, 5.74) is 10.2. The first-order valence-electron chi connectivity index (χ1n) is 1.80. The first-order valence-corrected chi connectivity index (χ1v) is 2.23. The number of rotatable bonds is 1. The summed E-state index contributed by atoms with van der Waals surface area (Å²) in [6.07, 6.45) is -0.383. The summed E-state index contributed by atoms with van der Waals surface area (Å²) in [6.45, 7) is 1.76. The summed E-state index contributed by atoms with van der Waals surface area (Å²) in [5.74, 6) is 0. The van der Waals surface area contributed by atoms with Gasteiger partial charge in [-0.05, 0) is 6.92 Å². The number of hydrogen-bond acceptors (Lipinski definition) is 2. The quantitative estimate of drug-likeness (QED) is 0.363. The first kappa shape index (κ1) is 6.21. The highest BCUT2D eigenvalue weighted by Gasteiger charge is 1.99. The molecule has 0 rings (SSSR count). The van der Waals surface area contributed by atoms with Crippen molar-refractivity contribution in [2.24, 2.45) is 11.5 Å². The van der Waals surface area contributed by atoms with Gasteiger partial charge in [0.15, 0.2) is 0 Å². The third-order valence-corrected chi connectivity index (χ3v) is 0.821. The third kappa shape index (κ3) is 2.45. The van der Waals surface area contributed by atoms with Gasteiger partial charge in [-0.2, -0.15) is 0 Å². The van der Waals surface area contributed by atoms with Crippen LogP contribution < -0.4 is 11.5 Å². The smallest absolute Gasteiger partial charge is 0.0686 e. The molecule has 2 nitrogen and oxygen atoms in total. The molecule has 6 heavy (non-hydrogen) atoms. The SMILES string of the molecule is CC(Cl)C(N)N. The van der Waals surface area contributed by atoms with Crippen molar-refractivity contribution in [2.75, 3.05) is 0 Å². The molecule has 1 atom stereocenters. The molecule has 0 fully saturated rings. The molecule has 3 heteroatoms. The monoisotopic (exact) mass is 108 g/mol. The van der Waals surface area contributed by atoms with Crippen LogP contribution in [0.4, 0.5) is 0 Å². The Balaban J connectivity index is 2.99. The Morgan fingerprint density at radius 2 is 1.67 bits per heavy atom. The Hall–Kier alpha value is 0.210. The summed E-state index contributed by atoms with van der Waals surface area (Å²) in [5, 5.41) is -0.120. The first-order chi connectivity index (χ1) is 2.64. The predicted octanol–water partition coefficient (Wildman–Crippen LogP) is -0.143. The molecule has 0 aliphatic carbocycles. The van der Waals surface area contributed by atoms with Gasteiger partial charge in [0.05, 0.1) is 11.5 Å². The van der Waals surface area contributed by atoms with Gasteiger partial charge in [-0.15, -0.1) is 11.6 Å². The highest BCUT2D eigenvalue weighted by Crippen LogP contribution is 1.90. The topological polar surface area (TPSA) is 52.0 Å². The maximum absolute atomic E-state index is 5.36. The van der Waals surface area contributed by atoms with Crippen LogP contribution in [0, 0.1) is 0 Å². The van der Waals surface area contributed by atoms with Crippen LogP contribution in [0.1, 0.15) is 6.92 Å². The molecule has 0 aromatic heterocycles. The molecule has 0 radical (unpaired) electrons. The van der Waals surface area contributed by atoms with Crippen molar-refractivity contribution in [3.63, 3.8) is 0 Å². The molecule has 0 spiro atoms. The maximum Gasteiger partial charge on any atom is 0.0686 e. The van der Waals surface area contributed by atoms with Gasteiger partial charge in [0.25, 0.3) is 0 Å². The second-order valence-electron chi connectivity index (χ2n) is 1.25. The van der Waals surface area contributed by atoms with E-state index in [0.29, 0.717) is 0 Å². The molecular formula is C3H9ClN2. The zero-order chi connectivity index (χ0) is 5.15. The van der Waals surface area contributed by atoms with E-state index >= 15 is 0 Å². The Kier molecular flexibility index (Phi) is 2.48. The Morgan fingerprint density at radius 1 is 1.50 bits per heavy atom. The molecule has 0 heterocycles. The summed E-state index contributed by atoms with van der Waals surface area (Å²) < 4.78 is 0. The molecule has 0 amide bonds. The molecule has 0 saturated heterocycles. The van der Waals surface area contributed by atoms with E-state index in [2.05, 4.69) is 0 Å². The van der Waals surface area contributed by atoms with Gasteiger partial charge in [0, 0.05) is 0 Å². The fraction of sp³-hybridized carbons (Fsp3) is 1.00. The van der Waals surface area contributed by atoms with Crippen LogP contribution in [0.3, 0.4) is 0 Å². The van der Waals surface area contributed by atoms with Crippen molar-refractivity contribution in [3.8, 4) is 0 Å². The Bertz CT molecular complexity index is 29.8. The third-order valence-electron chi connectivity index (χ3n) is 0.530. The van der Waals surface area contributed by atoms with Gasteiger partial charge in [-0.1, -0.05) is 0 Å². The summed E-state index contributed by atoms with van der Waals surface area (Å²) in [4.78, 5) is 0. The molecule has 0 aromatic carbocycles. The van der Waals surface area contributed by atoms with Crippen LogP contribution >= 0.6 is 11.6 Å². The molecule has 0 aromatic rings. The number of alkyl halides is 1. The van der Waals surface area contributed by atoms with E-state index in [9.17, 15) is 0 Å². The van der Waals surface area contributed by atoms with Crippen LogP contribution in [0.15, 0.2) is 0 Å². The number of halogens is 1. The number of hydrogen-bond donors (Lipinski definition) is 2. The van der Waals surface area contributed by atoms with Crippen molar-refractivity contribution in [1.82, 2.24) is 0 Å². The lowest BCUT2D eigenvalue weighted by atomic mass is 10.4. The van der Waals surface area contributed by atoms with Crippen molar-refractivity contribution in [3.05, 3.63) is 0 Å². The highest BCUT2D eigenvalue weighted by atomic mass is 35.5. The largest absolute Gasteiger partial charge is 0.315 e. The lowest BCUT2D eigenvalue weighted by molar-refractivity contribution is 0.690. The summed E-state index contributed by atoms with van der Waals surface area (Å²) in [7, 11) is 0. The van der Waals surface area contributed by atoms with Gasteiger partial charge < -0.3 is 11.5 Å². The zero-order valence-corrected chi connectivity index (χ0v) is 4.44. The van der Waals surface area contributed by atoms with E-state index in [1.807, 2.05) is 0 Å². The van der Waals surface area contributed by atoms with Crippen molar-refractivity contribution in [1.29, 1.82) is 0 Å². The second-order valence-corrected chi connectivity index (χ2v) is 1.94. The maximum atomic E-state index is 5.36. The van der Waals surface area contributed by atoms with Gasteiger partial charge in [0.2, 0.25) is 0 Å². The molecular weight excluding hydrogens is 99.5 g/mol. The van der Waals surface area contributed by atoms with Crippen LogP contribution in [0.25, 0.3) is 0 Å². The minimum absolute atomic E-state index is 0.120. The molecule has 0 saturated carbocycles. The summed E-state index contributed by atoms with van der Waals surface area (Å²) in [6, 6.07) is 0. The average Bonchev–Trinajstić information content (AvgIpc) is 1.36. The molecule has 0 aliphatic rings. The minimum Gasteiger partial charge on any atom is -0.315 e. The lowest BCUT2D eigenvalue weighted by Crippen LogP contribution is -2.37. The van der Waals surface area contributed by atoms with Gasteiger partial charge in [0.1, 0.15) is 0 Å². The fourth-order valence-electron chi connectivity index (χ4n) is 0. The molecule has 1 unspecified atom stereocenters. The van der Waals surface area contributed by atoms with E-state index in [4.69, 9.17) is 23.1 Å². The lowest BCUT2D eigenvalue weighted by Gasteiger charge is -2.03. The molecule has 0 bridgehead atoms. The average molecular weight is 109 g/mol. The van der Waals surface area contributed by atoms with Crippen molar-refractivity contribution >= 4 is 11.6 Å². The molecule has 0 aliphatic heterocycles. The normalized spacial score (nSPS) is 15.5. The molecule has 4 N–H and O–H groups in total. The van der Waals surface area contributed by atoms with Crippen LogP contribution in [0.2, 0.25) is 0 Å². The van der Waals surface area contributed by atoms with Gasteiger partial charge >= 0.3 is 0 Å². The predicted molar refractivity (Wildman–Crippen MR) is 27.5 cm³/mol. The van der Waals surface area contributed by atoms with Gasteiger partial charge in [-0.25, -0.2) is 0 Å². The van der Waals surface area contributed by atoms with E-state index in [-0.39, 0.29) is 11.5 Å². The highest BCUT2D eigenvalue weighted by molar-refractivity contribution is 6.20. The summed E-state index contributed by atoms with van der Waals surface area (Å²) >= 11 is 5.36. The zero-order valence-electron chi connectivity index (χ0n) is 3.69. The van der Waals surface area contributed by atoms with E-state index in [0.717, 1.165) is 0 Å². The fourth-order valence-corrected chi connectivity index (χ4v) is 0. The van der Waals surface area contributed by atoms with E-state index < -0.39 is 0 Å². The minimum atomic E-state index is -0.383. The van der Waals surface area contributed by atoms with E-state index in [1.165, 1.54) is 0 Å². The van der Waals surface area contributed by atoms with Crippen LogP contribution in [-0.2, 0) is 0 Å². The number of nitrogens with two attached hydrogens (primary N) is 2. The van der Waals surface area contributed by atoms with Crippen molar-refractivity contribution in [2.45, 2.75) is 18.5 Å². The Morgan fingerprint density at radius 3 is 1.67 bits per heavy atom. The van der Waals surface area contributed by atoms with Crippen molar-refractivity contribution < 1.29 is 0 Å². The Labute approximate surface area is 42.5 Å². The molecule has 38 valence electrons. The second kappa shape index (κ2) is 2.39. The van der Waals surface area contributed by atoms with Crippen LogP contribution in [-0.4, -0.2) is 11.5 Å².